The van der Waals surface area contributed by atoms with E-state index >= 15 is 0 Å². The molecule has 2 nitrogen and oxygen atoms in total. The van der Waals surface area contributed by atoms with Crippen LogP contribution in [0, 0.1) is 0 Å². The molecule has 0 aliphatic carbocycles. The Bertz CT molecular complexity index is 331. The third-order valence-corrected chi connectivity index (χ3v) is 2.60. The SMILES string of the molecule is CC(C)(C)c1ccccc1OCCOCCS. The zero-order chi connectivity index (χ0) is 12.7. The third kappa shape index (κ3) is 5.00. The van der Waals surface area contributed by atoms with E-state index in [1.165, 1.54) is 5.56 Å². The van der Waals surface area contributed by atoms with E-state index in [-0.39, 0.29) is 5.41 Å². The van der Waals surface area contributed by atoms with Gasteiger partial charge in [0.15, 0.2) is 0 Å². The van der Waals surface area contributed by atoms with Crippen LogP contribution in [0.2, 0.25) is 0 Å². The standard InChI is InChI=1S/C14H22O2S/c1-14(2,3)12-6-4-5-7-13(12)16-9-8-15-10-11-17/h4-7,17H,8-11H2,1-3H3. The summed E-state index contributed by atoms with van der Waals surface area (Å²) in [6.07, 6.45) is 0. The normalized spacial score (nSPS) is 11.5. The highest BCUT2D eigenvalue weighted by atomic mass is 32.1. The van der Waals surface area contributed by atoms with Crippen molar-refractivity contribution < 1.29 is 9.47 Å². The summed E-state index contributed by atoms with van der Waals surface area (Å²) in [5.74, 6) is 1.70. The fourth-order valence-corrected chi connectivity index (χ4v) is 1.72. The molecule has 0 fully saturated rings. The van der Waals surface area contributed by atoms with E-state index in [9.17, 15) is 0 Å². The molecule has 0 bridgehead atoms. The molecule has 0 saturated carbocycles. The second kappa shape index (κ2) is 6.92. The van der Waals surface area contributed by atoms with E-state index in [1.807, 2.05) is 18.2 Å². The Hall–Kier alpha value is -0.670. The lowest BCUT2D eigenvalue weighted by Gasteiger charge is -2.22. The Labute approximate surface area is 110 Å². The van der Waals surface area contributed by atoms with Gasteiger partial charge in [0.2, 0.25) is 0 Å². The lowest BCUT2D eigenvalue weighted by molar-refractivity contribution is 0.111. The van der Waals surface area contributed by atoms with Crippen LogP contribution in [0.15, 0.2) is 24.3 Å². The first kappa shape index (κ1) is 14.4. The van der Waals surface area contributed by atoms with Crippen LogP contribution in [0.25, 0.3) is 0 Å². The quantitative estimate of drug-likeness (QED) is 0.620. The Kier molecular flexibility index (Phi) is 5.86. The largest absolute Gasteiger partial charge is 0.491 e. The van der Waals surface area contributed by atoms with Crippen molar-refractivity contribution in [3.05, 3.63) is 29.8 Å². The van der Waals surface area contributed by atoms with Crippen LogP contribution >= 0.6 is 12.6 Å². The topological polar surface area (TPSA) is 18.5 Å². The molecule has 0 atom stereocenters. The first-order valence-electron chi connectivity index (χ1n) is 5.96. The molecule has 1 aromatic rings. The molecule has 0 aliphatic heterocycles. The molecular formula is C14H22O2S. The van der Waals surface area contributed by atoms with Gasteiger partial charge in [0, 0.05) is 5.75 Å². The maximum Gasteiger partial charge on any atom is 0.123 e. The van der Waals surface area contributed by atoms with Gasteiger partial charge < -0.3 is 9.47 Å². The average Bonchev–Trinajstić information content (AvgIpc) is 2.28. The lowest BCUT2D eigenvalue weighted by atomic mass is 9.86. The van der Waals surface area contributed by atoms with Crippen LogP contribution in [0.5, 0.6) is 5.75 Å². The summed E-state index contributed by atoms with van der Waals surface area (Å²) in [5, 5.41) is 0. The number of rotatable bonds is 6. The van der Waals surface area contributed by atoms with Gasteiger partial charge >= 0.3 is 0 Å². The van der Waals surface area contributed by atoms with E-state index in [0.29, 0.717) is 19.8 Å². The number of thiol groups is 1. The summed E-state index contributed by atoms with van der Waals surface area (Å²) in [5.41, 5.74) is 1.33. The van der Waals surface area contributed by atoms with Crippen molar-refractivity contribution in [1.29, 1.82) is 0 Å². The molecule has 0 radical (unpaired) electrons. The summed E-state index contributed by atoms with van der Waals surface area (Å²) in [6, 6.07) is 8.17. The van der Waals surface area contributed by atoms with Gasteiger partial charge in [0.1, 0.15) is 12.4 Å². The minimum atomic E-state index is 0.0998. The molecule has 0 heterocycles. The van der Waals surface area contributed by atoms with E-state index < -0.39 is 0 Å². The van der Waals surface area contributed by atoms with Crippen LogP contribution in [0.4, 0.5) is 0 Å². The Morgan fingerprint density at radius 2 is 1.76 bits per heavy atom. The molecule has 1 aromatic carbocycles. The zero-order valence-corrected chi connectivity index (χ0v) is 11.8. The van der Waals surface area contributed by atoms with Crippen LogP contribution in [0.3, 0.4) is 0 Å². The second-order valence-corrected chi connectivity index (χ2v) is 5.38. The summed E-state index contributed by atoms with van der Waals surface area (Å²) < 4.78 is 11.1. The molecular weight excluding hydrogens is 232 g/mol. The van der Waals surface area contributed by atoms with E-state index in [4.69, 9.17) is 9.47 Å². The molecule has 0 spiro atoms. The molecule has 0 amide bonds. The predicted octanol–water partition coefficient (Wildman–Crippen LogP) is 3.31. The summed E-state index contributed by atoms with van der Waals surface area (Å²) in [4.78, 5) is 0. The van der Waals surface area contributed by atoms with Crippen molar-refractivity contribution in [3.63, 3.8) is 0 Å². The lowest BCUT2D eigenvalue weighted by Crippen LogP contribution is -2.15. The van der Waals surface area contributed by atoms with E-state index in [1.54, 1.807) is 0 Å². The number of para-hydroxylation sites is 1. The first-order chi connectivity index (χ1) is 8.05. The highest BCUT2D eigenvalue weighted by molar-refractivity contribution is 7.80. The summed E-state index contributed by atoms with van der Waals surface area (Å²) in [6.45, 7) is 8.43. The number of benzene rings is 1. The van der Waals surface area contributed by atoms with Gasteiger partial charge in [-0.2, -0.15) is 12.6 Å². The first-order valence-corrected chi connectivity index (χ1v) is 6.60. The van der Waals surface area contributed by atoms with Crippen LogP contribution < -0.4 is 4.74 Å². The van der Waals surface area contributed by atoms with Crippen LogP contribution in [0.1, 0.15) is 26.3 Å². The highest BCUT2D eigenvalue weighted by Crippen LogP contribution is 2.30. The molecule has 96 valence electrons. The van der Waals surface area contributed by atoms with E-state index in [0.717, 1.165) is 11.5 Å². The van der Waals surface area contributed by atoms with Crippen LogP contribution in [-0.2, 0) is 10.2 Å². The van der Waals surface area contributed by atoms with Gasteiger partial charge in [-0.3, -0.25) is 0 Å². The van der Waals surface area contributed by atoms with Gasteiger partial charge in [-0.05, 0) is 17.0 Å². The number of hydrogen-bond donors (Lipinski definition) is 1. The van der Waals surface area contributed by atoms with Crippen molar-refractivity contribution in [2.24, 2.45) is 0 Å². The Morgan fingerprint density at radius 1 is 1.06 bits per heavy atom. The monoisotopic (exact) mass is 254 g/mol. The van der Waals surface area contributed by atoms with Crippen LogP contribution in [-0.4, -0.2) is 25.6 Å². The molecule has 17 heavy (non-hydrogen) atoms. The third-order valence-electron chi connectivity index (χ3n) is 2.42. The molecule has 0 aromatic heterocycles. The van der Waals surface area contributed by atoms with Crippen molar-refractivity contribution in [2.45, 2.75) is 26.2 Å². The van der Waals surface area contributed by atoms with Crippen molar-refractivity contribution >= 4 is 12.6 Å². The Morgan fingerprint density at radius 3 is 2.41 bits per heavy atom. The van der Waals surface area contributed by atoms with Gasteiger partial charge in [0.05, 0.1) is 13.2 Å². The molecule has 0 saturated heterocycles. The fraction of sp³-hybridized carbons (Fsp3) is 0.571. The average molecular weight is 254 g/mol. The van der Waals surface area contributed by atoms with Crippen molar-refractivity contribution in [3.8, 4) is 5.75 Å². The predicted molar refractivity (Wildman–Crippen MR) is 75.3 cm³/mol. The second-order valence-electron chi connectivity index (χ2n) is 4.93. The zero-order valence-electron chi connectivity index (χ0n) is 10.9. The number of ether oxygens (including phenoxy) is 2. The van der Waals surface area contributed by atoms with Crippen molar-refractivity contribution in [1.82, 2.24) is 0 Å². The van der Waals surface area contributed by atoms with Gasteiger partial charge in [0.25, 0.3) is 0 Å². The molecule has 3 heteroatoms. The maximum atomic E-state index is 5.76. The molecule has 0 unspecified atom stereocenters. The van der Waals surface area contributed by atoms with Gasteiger partial charge in [-0.25, -0.2) is 0 Å². The highest BCUT2D eigenvalue weighted by Gasteiger charge is 2.18. The molecule has 0 N–H and O–H groups in total. The minimum absolute atomic E-state index is 0.0998. The fourth-order valence-electron chi connectivity index (χ4n) is 1.59. The maximum absolute atomic E-state index is 5.76. The summed E-state index contributed by atoms with van der Waals surface area (Å²) >= 11 is 4.08. The molecule has 0 aliphatic rings. The minimum Gasteiger partial charge on any atom is -0.491 e. The smallest absolute Gasteiger partial charge is 0.123 e. The summed E-state index contributed by atoms with van der Waals surface area (Å²) in [7, 11) is 0. The van der Waals surface area contributed by atoms with Gasteiger partial charge in [-0.1, -0.05) is 39.0 Å². The number of hydrogen-bond acceptors (Lipinski definition) is 3. The van der Waals surface area contributed by atoms with Crippen molar-refractivity contribution in [2.75, 3.05) is 25.6 Å². The van der Waals surface area contributed by atoms with E-state index in [2.05, 4.69) is 39.5 Å². The Balaban J connectivity index is 2.53. The molecule has 1 rings (SSSR count). The van der Waals surface area contributed by atoms with Gasteiger partial charge in [-0.15, -0.1) is 0 Å².